The first-order valence-corrected chi connectivity index (χ1v) is 7.91. The lowest BCUT2D eigenvalue weighted by Gasteiger charge is -2.36. The summed E-state index contributed by atoms with van der Waals surface area (Å²) in [7, 11) is 1.51. The monoisotopic (exact) mass is 373 g/mol. The molecule has 0 spiro atoms. The number of aryl methyl sites for hydroxylation is 1. The van der Waals surface area contributed by atoms with E-state index in [1.807, 2.05) is 4.90 Å². The molecule has 2 aromatic heterocycles. The summed E-state index contributed by atoms with van der Waals surface area (Å²) >= 11 is 6.09. The Morgan fingerprint density at radius 3 is 2.40 bits per heavy atom. The smallest absolute Gasteiger partial charge is 0.365 e. The molecule has 0 bridgehead atoms. The van der Waals surface area contributed by atoms with Crippen molar-refractivity contribution < 1.29 is 13.2 Å². The van der Waals surface area contributed by atoms with Gasteiger partial charge in [0.2, 0.25) is 0 Å². The molecule has 3 heterocycles. The lowest BCUT2D eigenvalue weighted by atomic mass is 10.2. The summed E-state index contributed by atoms with van der Waals surface area (Å²) in [5, 5.41) is 4.04. The molecular formula is C15H15ClF3N5O. The first kappa shape index (κ1) is 17.5. The average molecular weight is 374 g/mol. The number of alkyl halides is 3. The van der Waals surface area contributed by atoms with Gasteiger partial charge in [0.25, 0.3) is 5.56 Å². The molecule has 1 saturated heterocycles. The molecule has 0 amide bonds. The molecule has 6 nitrogen and oxygen atoms in total. The van der Waals surface area contributed by atoms with Crippen molar-refractivity contribution in [1.82, 2.24) is 14.8 Å². The maximum atomic E-state index is 12.8. The molecule has 0 unspecified atom stereocenters. The molecule has 0 saturated carbocycles. The molecule has 25 heavy (non-hydrogen) atoms. The van der Waals surface area contributed by atoms with E-state index in [0.717, 1.165) is 10.7 Å². The normalized spacial score (nSPS) is 15.6. The van der Waals surface area contributed by atoms with Gasteiger partial charge in [-0.05, 0) is 12.1 Å². The van der Waals surface area contributed by atoms with Crippen LogP contribution in [0.25, 0.3) is 0 Å². The second-order valence-electron chi connectivity index (χ2n) is 5.63. The molecule has 3 rings (SSSR count). The van der Waals surface area contributed by atoms with Crippen molar-refractivity contribution in [3.8, 4) is 0 Å². The van der Waals surface area contributed by atoms with Crippen molar-refractivity contribution in [1.29, 1.82) is 0 Å². The zero-order valence-corrected chi connectivity index (χ0v) is 14.0. The van der Waals surface area contributed by atoms with E-state index in [2.05, 4.69) is 10.1 Å². The minimum absolute atomic E-state index is 0.0862. The van der Waals surface area contributed by atoms with E-state index in [4.69, 9.17) is 11.6 Å². The van der Waals surface area contributed by atoms with E-state index in [9.17, 15) is 18.0 Å². The predicted molar refractivity (Wildman–Crippen MR) is 88.2 cm³/mol. The number of rotatable bonds is 2. The van der Waals surface area contributed by atoms with Crippen LogP contribution in [0.3, 0.4) is 0 Å². The highest BCUT2D eigenvalue weighted by atomic mass is 35.5. The summed E-state index contributed by atoms with van der Waals surface area (Å²) < 4.78 is 39.5. The van der Waals surface area contributed by atoms with Crippen LogP contribution in [0.2, 0.25) is 5.02 Å². The fourth-order valence-electron chi connectivity index (χ4n) is 2.66. The molecule has 1 aliphatic heterocycles. The van der Waals surface area contributed by atoms with Crippen LogP contribution < -0.4 is 15.4 Å². The summed E-state index contributed by atoms with van der Waals surface area (Å²) in [4.78, 5) is 19.2. The number of aromatic nitrogens is 3. The highest BCUT2D eigenvalue weighted by Crippen LogP contribution is 2.29. The van der Waals surface area contributed by atoms with Gasteiger partial charge < -0.3 is 9.80 Å². The average Bonchev–Trinajstić information content (AvgIpc) is 2.59. The number of hydrogen-bond acceptors (Lipinski definition) is 5. The first-order valence-electron chi connectivity index (χ1n) is 7.53. The van der Waals surface area contributed by atoms with Crippen LogP contribution >= 0.6 is 11.6 Å². The van der Waals surface area contributed by atoms with Crippen molar-refractivity contribution in [3.05, 3.63) is 45.5 Å². The molecule has 0 aliphatic carbocycles. The van der Waals surface area contributed by atoms with Gasteiger partial charge in [-0.25, -0.2) is 9.67 Å². The van der Waals surface area contributed by atoms with Crippen molar-refractivity contribution >= 4 is 23.1 Å². The van der Waals surface area contributed by atoms with Crippen LogP contribution in [0.1, 0.15) is 5.69 Å². The Hall–Kier alpha value is -2.29. The Bertz CT molecular complexity index is 831. The zero-order valence-electron chi connectivity index (χ0n) is 13.3. The second kappa shape index (κ2) is 6.55. The molecular weight excluding hydrogens is 359 g/mol. The number of pyridine rings is 1. The SMILES string of the molecule is Cn1ncc(N2CCN(c3cccc(C(F)(F)F)n3)CC2)c(Cl)c1=O. The largest absolute Gasteiger partial charge is 0.433 e. The van der Waals surface area contributed by atoms with E-state index in [-0.39, 0.29) is 16.4 Å². The number of anilines is 2. The second-order valence-corrected chi connectivity index (χ2v) is 6.00. The Balaban J connectivity index is 1.75. The maximum Gasteiger partial charge on any atom is 0.433 e. The minimum Gasteiger partial charge on any atom is -0.365 e. The van der Waals surface area contributed by atoms with Crippen LogP contribution in [0, 0.1) is 0 Å². The molecule has 2 aromatic rings. The molecule has 0 radical (unpaired) electrons. The molecule has 10 heteroatoms. The molecule has 0 aromatic carbocycles. The summed E-state index contributed by atoms with van der Waals surface area (Å²) in [6, 6.07) is 3.85. The standard InChI is InChI=1S/C15H15ClF3N5O/c1-22-14(25)13(16)10(9-20-22)23-5-7-24(8-6-23)12-4-2-3-11(21-12)15(17,18)19/h2-4,9H,5-8H2,1H3. The highest BCUT2D eigenvalue weighted by molar-refractivity contribution is 6.33. The first-order chi connectivity index (χ1) is 11.8. The van der Waals surface area contributed by atoms with E-state index in [1.54, 1.807) is 11.0 Å². The number of halogens is 4. The van der Waals surface area contributed by atoms with Gasteiger partial charge >= 0.3 is 6.18 Å². The quantitative estimate of drug-likeness (QED) is 0.807. The van der Waals surface area contributed by atoms with Gasteiger partial charge in [-0.2, -0.15) is 18.3 Å². The van der Waals surface area contributed by atoms with Gasteiger partial charge in [0.05, 0.1) is 11.9 Å². The van der Waals surface area contributed by atoms with Crippen molar-refractivity contribution in [2.24, 2.45) is 7.05 Å². The van der Waals surface area contributed by atoms with Crippen molar-refractivity contribution in [2.75, 3.05) is 36.0 Å². The Labute approximate surface area is 146 Å². The van der Waals surface area contributed by atoms with Gasteiger partial charge in [-0.3, -0.25) is 4.79 Å². The van der Waals surface area contributed by atoms with E-state index < -0.39 is 11.9 Å². The molecule has 0 N–H and O–H groups in total. The van der Waals surface area contributed by atoms with Gasteiger partial charge in [0.15, 0.2) is 0 Å². The third-order valence-electron chi connectivity index (χ3n) is 4.03. The highest BCUT2D eigenvalue weighted by Gasteiger charge is 2.33. The van der Waals surface area contributed by atoms with Gasteiger partial charge in [0, 0.05) is 33.2 Å². The fraction of sp³-hybridized carbons (Fsp3) is 0.400. The Morgan fingerprint density at radius 1 is 1.12 bits per heavy atom. The van der Waals surface area contributed by atoms with Crippen molar-refractivity contribution in [3.63, 3.8) is 0 Å². The predicted octanol–water partition coefficient (Wildman–Crippen LogP) is 2.17. The minimum atomic E-state index is -4.47. The number of hydrogen-bond donors (Lipinski definition) is 0. The van der Waals surface area contributed by atoms with Crippen LogP contribution in [-0.2, 0) is 13.2 Å². The fourth-order valence-corrected chi connectivity index (χ4v) is 2.95. The number of nitrogens with zero attached hydrogens (tertiary/aromatic N) is 5. The lowest BCUT2D eigenvalue weighted by Crippen LogP contribution is -2.47. The van der Waals surface area contributed by atoms with E-state index in [1.165, 1.54) is 19.3 Å². The topological polar surface area (TPSA) is 54.3 Å². The Kier molecular flexibility index (Phi) is 4.59. The van der Waals surface area contributed by atoms with Crippen molar-refractivity contribution in [2.45, 2.75) is 6.18 Å². The van der Waals surface area contributed by atoms with Gasteiger partial charge in [-0.15, -0.1) is 0 Å². The molecule has 1 fully saturated rings. The summed E-state index contributed by atoms with van der Waals surface area (Å²) in [6.45, 7) is 1.90. The van der Waals surface area contributed by atoms with Crippen LogP contribution in [0.5, 0.6) is 0 Å². The number of piperazine rings is 1. The van der Waals surface area contributed by atoms with E-state index >= 15 is 0 Å². The Morgan fingerprint density at radius 2 is 1.76 bits per heavy atom. The van der Waals surface area contributed by atoms with Crippen LogP contribution in [0.15, 0.2) is 29.2 Å². The lowest BCUT2D eigenvalue weighted by molar-refractivity contribution is -0.141. The van der Waals surface area contributed by atoms with E-state index in [0.29, 0.717) is 31.9 Å². The summed E-state index contributed by atoms with van der Waals surface area (Å²) in [5.74, 6) is 0.280. The maximum absolute atomic E-state index is 12.8. The third-order valence-corrected chi connectivity index (χ3v) is 4.38. The molecule has 134 valence electrons. The zero-order chi connectivity index (χ0) is 18.2. The van der Waals surface area contributed by atoms with Crippen LogP contribution in [0.4, 0.5) is 24.7 Å². The summed E-state index contributed by atoms with van der Waals surface area (Å²) in [6.07, 6.45) is -2.96. The third kappa shape index (κ3) is 3.55. The van der Waals surface area contributed by atoms with Gasteiger partial charge in [0.1, 0.15) is 16.5 Å². The molecule has 0 atom stereocenters. The van der Waals surface area contributed by atoms with Crippen LogP contribution in [-0.4, -0.2) is 40.9 Å². The van der Waals surface area contributed by atoms with Gasteiger partial charge in [-0.1, -0.05) is 17.7 Å². The molecule has 1 aliphatic rings. The summed E-state index contributed by atoms with van der Waals surface area (Å²) in [5.41, 5.74) is -0.770.